The highest BCUT2D eigenvalue weighted by Crippen LogP contribution is 2.37. The molecule has 1 aliphatic heterocycles. The summed E-state index contributed by atoms with van der Waals surface area (Å²) in [6.07, 6.45) is -10.2. The fourth-order valence-corrected chi connectivity index (χ4v) is 6.47. The molecule has 3 aromatic carbocycles. The van der Waals surface area contributed by atoms with Crippen LogP contribution in [0.5, 0.6) is 0 Å². The van der Waals surface area contributed by atoms with Gasteiger partial charge in [-0.15, -0.1) is 10.2 Å². The van der Waals surface area contributed by atoms with Gasteiger partial charge >= 0.3 is 12.4 Å². The van der Waals surface area contributed by atoms with Crippen LogP contribution < -0.4 is 0 Å². The van der Waals surface area contributed by atoms with Crippen LogP contribution in [0.3, 0.4) is 0 Å². The highest BCUT2D eigenvalue weighted by atomic mass is 32.2. The van der Waals surface area contributed by atoms with E-state index in [-0.39, 0.29) is 42.5 Å². The van der Waals surface area contributed by atoms with E-state index in [2.05, 4.69) is 14.8 Å². The summed E-state index contributed by atoms with van der Waals surface area (Å²) in [6.45, 7) is 4.13. The third kappa shape index (κ3) is 6.82. The first-order chi connectivity index (χ1) is 22.7. The molecule has 1 atom stereocenters. The van der Waals surface area contributed by atoms with Gasteiger partial charge in [-0.25, -0.2) is 4.98 Å². The first-order valence-corrected chi connectivity index (χ1v) is 15.9. The number of benzene rings is 3. The van der Waals surface area contributed by atoms with E-state index in [0.717, 1.165) is 33.8 Å². The Morgan fingerprint density at radius 1 is 0.896 bits per heavy atom. The number of nitrogens with zero attached hydrogens (tertiary/aromatic N) is 6. The van der Waals surface area contributed by atoms with Gasteiger partial charge in [0.05, 0.1) is 22.4 Å². The summed E-state index contributed by atoms with van der Waals surface area (Å²) < 4.78 is 82.2. The number of alkyl halides is 6. The van der Waals surface area contributed by atoms with Gasteiger partial charge < -0.3 is 14.4 Å². The van der Waals surface area contributed by atoms with E-state index < -0.39 is 41.0 Å². The Kier molecular flexibility index (Phi) is 8.83. The molecule has 0 N–H and O–H groups in total. The fraction of sp³-hybridized carbons (Fsp3) is 0.303. The number of hydrogen-bond acceptors (Lipinski definition) is 6. The second-order valence-electron chi connectivity index (χ2n) is 11.6. The van der Waals surface area contributed by atoms with Crippen molar-refractivity contribution in [2.75, 3.05) is 25.4 Å². The Morgan fingerprint density at radius 2 is 1.58 bits per heavy atom. The van der Waals surface area contributed by atoms with Gasteiger partial charge in [0.1, 0.15) is 5.52 Å². The van der Waals surface area contributed by atoms with Crippen molar-refractivity contribution in [3.63, 3.8) is 0 Å². The minimum Gasteiger partial charge on any atom is -0.338 e. The SMILES string of the molecule is Cc1ccc2c(c1)c1nnc(SCC(=O)N3CCN(C(=O)c4cc(C(F)(F)F)cc(C(F)(F)F)c4)C(C)C3)nc1n2Cc1ccccc1. The maximum Gasteiger partial charge on any atom is 0.416 e. The summed E-state index contributed by atoms with van der Waals surface area (Å²) in [7, 11) is 0. The van der Waals surface area contributed by atoms with Crippen LogP contribution in [-0.2, 0) is 23.7 Å². The van der Waals surface area contributed by atoms with E-state index in [4.69, 9.17) is 4.98 Å². The predicted octanol–water partition coefficient (Wildman–Crippen LogP) is 6.84. The number of rotatable bonds is 6. The fourth-order valence-electron chi connectivity index (χ4n) is 5.79. The second kappa shape index (κ2) is 12.7. The second-order valence-corrected chi connectivity index (χ2v) is 12.6. The summed E-state index contributed by atoms with van der Waals surface area (Å²) in [5.41, 5.74) is 0.477. The highest BCUT2D eigenvalue weighted by molar-refractivity contribution is 7.99. The first kappa shape index (κ1) is 33.2. The van der Waals surface area contributed by atoms with Gasteiger partial charge in [0.2, 0.25) is 11.1 Å². The van der Waals surface area contributed by atoms with Gasteiger partial charge in [-0.1, -0.05) is 53.7 Å². The van der Waals surface area contributed by atoms with Crippen molar-refractivity contribution in [1.82, 2.24) is 29.5 Å². The van der Waals surface area contributed by atoms with E-state index in [1.807, 2.05) is 55.5 Å². The van der Waals surface area contributed by atoms with Crippen LogP contribution in [0, 0.1) is 6.92 Å². The lowest BCUT2D eigenvalue weighted by Gasteiger charge is -2.40. The molecule has 5 aromatic rings. The summed E-state index contributed by atoms with van der Waals surface area (Å²) in [5, 5.41) is 9.91. The summed E-state index contributed by atoms with van der Waals surface area (Å²) in [6, 6.07) is 16.1. The molecule has 250 valence electrons. The molecule has 0 aliphatic carbocycles. The average Bonchev–Trinajstić information content (AvgIpc) is 3.34. The van der Waals surface area contributed by atoms with Gasteiger partial charge in [0.25, 0.3) is 5.91 Å². The zero-order valence-corrected chi connectivity index (χ0v) is 26.5. The monoisotopic (exact) mass is 686 g/mol. The molecule has 3 heterocycles. The third-order valence-electron chi connectivity index (χ3n) is 8.19. The maximum absolute atomic E-state index is 13.3. The molecule has 15 heteroatoms. The van der Waals surface area contributed by atoms with Crippen molar-refractivity contribution >= 4 is 45.6 Å². The van der Waals surface area contributed by atoms with Gasteiger partial charge in [-0.2, -0.15) is 26.3 Å². The van der Waals surface area contributed by atoms with Gasteiger partial charge in [0, 0.05) is 43.2 Å². The zero-order chi connectivity index (χ0) is 34.4. The Hall–Kier alpha value is -4.66. The first-order valence-electron chi connectivity index (χ1n) is 14.9. The molecular weight excluding hydrogens is 658 g/mol. The lowest BCUT2D eigenvalue weighted by molar-refractivity contribution is -0.143. The Morgan fingerprint density at radius 3 is 2.23 bits per heavy atom. The number of carbonyl (C=O) groups is 2. The average molecular weight is 687 g/mol. The molecule has 2 aromatic heterocycles. The molecule has 0 saturated carbocycles. The summed E-state index contributed by atoms with van der Waals surface area (Å²) in [4.78, 5) is 33.8. The molecule has 2 amide bonds. The molecule has 0 bridgehead atoms. The molecule has 1 unspecified atom stereocenters. The predicted molar refractivity (Wildman–Crippen MR) is 167 cm³/mol. The summed E-state index contributed by atoms with van der Waals surface area (Å²) in [5.74, 6) is -1.31. The van der Waals surface area contributed by atoms with Crippen molar-refractivity contribution < 1.29 is 35.9 Å². The quantitative estimate of drug-likeness (QED) is 0.144. The molecular formula is C33H28F6N6O2S. The number of hydrogen-bond donors (Lipinski definition) is 0. The molecule has 1 aliphatic rings. The number of piperazine rings is 1. The number of amides is 2. The topological polar surface area (TPSA) is 84.2 Å². The number of aromatic nitrogens is 4. The molecule has 48 heavy (non-hydrogen) atoms. The maximum atomic E-state index is 13.3. The van der Waals surface area contributed by atoms with Gasteiger partial charge in [-0.05, 0) is 49.7 Å². The molecule has 0 radical (unpaired) electrons. The lowest BCUT2D eigenvalue weighted by atomic mass is 10.0. The Balaban J connectivity index is 1.16. The number of carbonyl (C=O) groups excluding carboxylic acids is 2. The molecule has 8 nitrogen and oxygen atoms in total. The van der Waals surface area contributed by atoms with Crippen LogP contribution in [0.4, 0.5) is 26.3 Å². The van der Waals surface area contributed by atoms with Crippen molar-refractivity contribution in [1.29, 1.82) is 0 Å². The molecule has 0 spiro atoms. The van der Waals surface area contributed by atoms with Crippen LogP contribution in [0.1, 0.15) is 39.5 Å². The highest BCUT2D eigenvalue weighted by Gasteiger charge is 2.39. The van der Waals surface area contributed by atoms with Crippen LogP contribution in [-0.4, -0.2) is 72.8 Å². The zero-order valence-electron chi connectivity index (χ0n) is 25.6. The molecule has 1 fully saturated rings. The number of thioether (sulfide) groups is 1. The largest absolute Gasteiger partial charge is 0.416 e. The van der Waals surface area contributed by atoms with E-state index in [1.54, 1.807) is 6.92 Å². The smallest absolute Gasteiger partial charge is 0.338 e. The lowest BCUT2D eigenvalue weighted by Crippen LogP contribution is -2.55. The Bertz CT molecular complexity index is 1980. The van der Waals surface area contributed by atoms with Crippen molar-refractivity contribution in [2.45, 2.75) is 43.9 Å². The number of aryl methyl sites for hydroxylation is 1. The van der Waals surface area contributed by atoms with E-state index >= 15 is 0 Å². The van der Waals surface area contributed by atoms with E-state index in [9.17, 15) is 35.9 Å². The van der Waals surface area contributed by atoms with Crippen LogP contribution in [0.2, 0.25) is 0 Å². The van der Waals surface area contributed by atoms with Gasteiger partial charge in [-0.3, -0.25) is 9.59 Å². The molecule has 1 saturated heterocycles. The Labute approximate surface area is 274 Å². The van der Waals surface area contributed by atoms with Crippen molar-refractivity contribution in [2.24, 2.45) is 0 Å². The van der Waals surface area contributed by atoms with Crippen molar-refractivity contribution in [3.05, 3.63) is 94.5 Å². The minimum atomic E-state index is -5.08. The van der Waals surface area contributed by atoms with E-state index in [1.165, 1.54) is 9.80 Å². The number of halogens is 6. The van der Waals surface area contributed by atoms with Crippen molar-refractivity contribution in [3.8, 4) is 0 Å². The summed E-state index contributed by atoms with van der Waals surface area (Å²) >= 11 is 1.10. The van der Waals surface area contributed by atoms with Crippen LogP contribution in [0.25, 0.3) is 22.1 Å². The van der Waals surface area contributed by atoms with Crippen LogP contribution >= 0.6 is 11.8 Å². The number of fused-ring (bicyclic) bond motifs is 3. The standard InChI is InChI=1S/C33H28F6N6O2S/c1-19-8-9-26-25(12-19)28-29(45(26)17-21-6-4-3-5-7-21)40-31(42-41-28)48-18-27(46)43-10-11-44(20(2)16-43)30(47)22-13-23(32(34,35)36)15-24(14-22)33(37,38)39/h3-9,12-15,20H,10-11,16-18H2,1-2H3. The molecule has 6 rings (SSSR count). The third-order valence-corrected chi connectivity index (χ3v) is 9.01. The normalized spacial score (nSPS) is 15.8. The van der Waals surface area contributed by atoms with E-state index in [0.29, 0.717) is 29.8 Å². The van der Waals surface area contributed by atoms with Crippen LogP contribution in [0.15, 0.2) is 71.9 Å². The minimum absolute atomic E-state index is 0.0186. The van der Waals surface area contributed by atoms with Gasteiger partial charge in [0.15, 0.2) is 5.65 Å².